The maximum atomic E-state index is 14.2. The molecule has 0 heterocycles. The van der Waals surface area contributed by atoms with Gasteiger partial charge >= 0.3 is 11.9 Å². The predicted octanol–water partition coefficient (Wildman–Crippen LogP) is 4.42. The molecule has 7 heteroatoms. The second-order valence-electron chi connectivity index (χ2n) is 6.59. The van der Waals surface area contributed by atoms with Crippen LogP contribution in [0.25, 0.3) is 0 Å². The van der Waals surface area contributed by atoms with Crippen LogP contribution in [0.1, 0.15) is 62.7 Å². The van der Waals surface area contributed by atoms with E-state index in [1.807, 2.05) is 6.92 Å². The summed E-state index contributed by atoms with van der Waals surface area (Å²) < 4.78 is 43.9. The van der Waals surface area contributed by atoms with Crippen molar-refractivity contribution in [3.05, 3.63) is 29.3 Å². The van der Waals surface area contributed by atoms with Crippen molar-refractivity contribution in [2.75, 3.05) is 13.2 Å². The second-order valence-corrected chi connectivity index (χ2v) is 6.59. The van der Waals surface area contributed by atoms with E-state index in [1.54, 1.807) is 6.92 Å². The minimum Gasteiger partial charge on any atom is -0.490 e. The third-order valence-electron chi connectivity index (χ3n) is 4.55. The van der Waals surface area contributed by atoms with E-state index in [1.165, 1.54) is 0 Å². The zero-order valence-electron chi connectivity index (χ0n) is 15.8. The highest BCUT2D eigenvalue weighted by atomic mass is 19.1. The summed E-state index contributed by atoms with van der Waals surface area (Å²) in [6, 6.07) is 1.99. The standard InChI is InChI=1S/C20H26F2O5/c1-3-5-10-26-20(24)18-16(21)11-15(12-17(18)22)27-14-8-6-13(7-9-14)19(23)25-4-2/h11-14H,3-10H2,1-2H3/t13-,14-. The first kappa shape index (κ1) is 21.1. The van der Waals surface area contributed by atoms with Crippen molar-refractivity contribution >= 4 is 11.9 Å². The molecule has 1 saturated carbocycles. The molecule has 0 unspecified atom stereocenters. The Hall–Kier alpha value is -2.18. The molecule has 0 saturated heterocycles. The number of benzene rings is 1. The number of carbonyl (C=O) groups excluding carboxylic acids is 2. The molecule has 27 heavy (non-hydrogen) atoms. The number of carbonyl (C=O) groups is 2. The summed E-state index contributed by atoms with van der Waals surface area (Å²) in [5.41, 5.74) is -0.704. The van der Waals surface area contributed by atoms with Crippen molar-refractivity contribution in [3.63, 3.8) is 0 Å². The topological polar surface area (TPSA) is 61.8 Å². The van der Waals surface area contributed by atoms with Crippen LogP contribution < -0.4 is 4.74 Å². The number of hydrogen-bond donors (Lipinski definition) is 0. The summed E-state index contributed by atoms with van der Waals surface area (Å²) in [7, 11) is 0. The van der Waals surface area contributed by atoms with Gasteiger partial charge in [-0.2, -0.15) is 0 Å². The van der Waals surface area contributed by atoms with E-state index < -0.39 is 23.2 Å². The fourth-order valence-corrected chi connectivity index (χ4v) is 3.06. The normalized spacial score (nSPS) is 19.4. The van der Waals surface area contributed by atoms with E-state index in [-0.39, 0.29) is 30.3 Å². The Morgan fingerprint density at radius 1 is 1.04 bits per heavy atom. The number of ether oxygens (including phenoxy) is 3. The predicted molar refractivity (Wildman–Crippen MR) is 94.6 cm³/mol. The Kier molecular flexibility index (Phi) is 8.00. The number of rotatable bonds is 8. The van der Waals surface area contributed by atoms with Crippen LogP contribution in [0.5, 0.6) is 5.75 Å². The number of esters is 2. The summed E-state index contributed by atoms with van der Waals surface area (Å²) in [5.74, 6) is -3.37. The lowest BCUT2D eigenvalue weighted by Gasteiger charge is -2.27. The fraction of sp³-hybridized carbons (Fsp3) is 0.600. The highest BCUT2D eigenvalue weighted by Gasteiger charge is 2.29. The molecule has 0 bridgehead atoms. The van der Waals surface area contributed by atoms with Crippen molar-refractivity contribution in [1.29, 1.82) is 0 Å². The van der Waals surface area contributed by atoms with Crippen LogP contribution in [-0.2, 0) is 14.3 Å². The van der Waals surface area contributed by atoms with Gasteiger partial charge in [0.25, 0.3) is 0 Å². The Bertz CT molecular complexity index is 631. The molecule has 0 N–H and O–H groups in total. The van der Waals surface area contributed by atoms with Crippen LogP contribution in [0, 0.1) is 17.6 Å². The van der Waals surface area contributed by atoms with Crippen molar-refractivity contribution < 1.29 is 32.6 Å². The molecular weight excluding hydrogens is 358 g/mol. The van der Waals surface area contributed by atoms with Crippen molar-refractivity contribution in [3.8, 4) is 5.75 Å². The first-order chi connectivity index (χ1) is 13.0. The van der Waals surface area contributed by atoms with Gasteiger partial charge in [-0.1, -0.05) is 13.3 Å². The van der Waals surface area contributed by atoms with Gasteiger partial charge in [0.15, 0.2) is 0 Å². The van der Waals surface area contributed by atoms with Crippen LogP contribution in [0.15, 0.2) is 12.1 Å². The molecule has 5 nitrogen and oxygen atoms in total. The molecule has 0 aromatic heterocycles. The van der Waals surface area contributed by atoms with Gasteiger partial charge in [0.1, 0.15) is 22.9 Å². The molecule has 1 aliphatic carbocycles. The second kappa shape index (κ2) is 10.2. The van der Waals surface area contributed by atoms with Gasteiger partial charge in [-0.3, -0.25) is 4.79 Å². The number of hydrogen-bond acceptors (Lipinski definition) is 5. The SMILES string of the molecule is CCCCOC(=O)c1c(F)cc(O[C@H]2CC[C@H](C(=O)OCC)CC2)cc1F. The molecule has 0 amide bonds. The monoisotopic (exact) mass is 384 g/mol. The molecule has 1 aromatic rings. The first-order valence-electron chi connectivity index (χ1n) is 9.45. The summed E-state index contributed by atoms with van der Waals surface area (Å²) in [6.07, 6.45) is 3.60. The summed E-state index contributed by atoms with van der Waals surface area (Å²) in [5, 5.41) is 0. The van der Waals surface area contributed by atoms with Gasteiger partial charge < -0.3 is 14.2 Å². The minimum atomic E-state index is -1.01. The lowest BCUT2D eigenvalue weighted by molar-refractivity contribution is -0.149. The van der Waals surface area contributed by atoms with Crippen molar-refractivity contribution in [2.45, 2.75) is 58.5 Å². The molecule has 1 aromatic carbocycles. The molecule has 0 radical (unpaired) electrons. The lowest BCUT2D eigenvalue weighted by Crippen LogP contribution is -2.29. The van der Waals surface area contributed by atoms with Crippen molar-refractivity contribution in [1.82, 2.24) is 0 Å². The Morgan fingerprint density at radius 2 is 1.67 bits per heavy atom. The van der Waals surface area contributed by atoms with Crippen LogP contribution >= 0.6 is 0 Å². The summed E-state index contributed by atoms with van der Waals surface area (Å²) in [6.45, 7) is 4.15. The number of unbranched alkanes of at least 4 members (excludes halogenated alkanes) is 1. The minimum absolute atomic E-state index is 0.0229. The maximum absolute atomic E-state index is 14.2. The van der Waals surface area contributed by atoms with Gasteiger partial charge in [-0.15, -0.1) is 0 Å². The van der Waals surface area contributed by atoms with Crippen LogP contribution in [0.2, 0.25) is 0 Å². The molecular formula is C20H26F2O5. The molecule has 0 aliphatic heterocycles. The first-order valence-corrected chi connectivity index (χ1v) is 9.45. The summed E-state index contributed by atoms with van der Waals surface area (Å²) in [4.78, 5) is 23.6. The highest BCUT2D eigenvalue weighted by molar-refractivity contribution is 5.90. The van der Waals surface area contributed by atoms with Crippen molar-refractivity contribution in [2.24, 2.45) is 5.92 Å². The van der Waals surface area contributed by atoms with Crippen LogP contribution in [0.3, 0.4) is 0 Å². The van der Waals surface area contributed by atoms with Gasteiger partial charge in [-0.25, -0.2) is 13.6 Å². The van der Waals surface area contributed by atoms with Gasteiger partial charge in [-0.05, 0) is 39.0 Å². The number of halogens is 2. The van der Waals surface area contributed by atoms with E-state index in [0.29, 0.717) is 38.7 Å². The quantitative estimate of drug-likeness (QED) is 0.490. The third kappa shape index (κ3) is 5.91. The molecule has 0 atom stereocenters. The molecule has 2 rings (SSSR count). The Balaban J connectivity index is 1.95. The average molecular weight is 384 g/mol. The summed E-state index contributed by atoms with van der Waals surface area (Å²) >= 11 is 0. The molecule has 1 fully saturated rings. The molecule has 150 valence electrons. The van der Waals surface area contributed by atoms with Gasteiger partial charge in [0, 0.05) is 12.1 Å². The molecule has 0 spiro atoms. The fourth-order valence-electron chi connectivity index (χ4n) is 3.06. The smallest absolute Gasteiger partial charge is 0.344 e. The van der Waals surface area contributed by atoms with E-state index >= 15 is 0 Å². The van der Waals surface area contributed by atoms with Crippen LogP contribution in [0.4, 0.5) is 8.78 Å². The lowest BCUT2D eigenvalue weighted by atomic mass is 9.87. The average Bonchev–Trinajstić information content (AvgIpc) is 2.62. The third-order valence-corrected chi connectivity index (χ3v) is 4.55. The zero-order chi connectivity index (χ0) is 19.8. The molecule has 1 aliphatic rings. The van der Waals surface area contributed by atoms with Crippen LogP contribution in [-0.4, -0.2) is 31.3 Å². The Labute approximate surface area is 158 Å². The zero-order valence-corrected chi connectivity index (χ0v) is 15.8. The Morgan fingerprint density at radius 3 is 2.22 bits per heavy atom. The highest BCUT2D eigenvalue weighted by Crippen LogP contribution is 2.30. The van der Waals surface area contributed by atoms with E-state index in [2.05, 4.69) is 0 Å². The van der Waals surface area contributed by atoms with Gasteiger partial charge in [0.2, 0.25) is 0 Å². The maximum Gasteiger partial charge on any atom is 0.344 e. The largest absolute Gasteiger partial charge is 0.490 e. The van der Waals surface area contributed by atoms with E-state index in [4.69, 9.17) is 14.2 Å². The van der Waals surface area contributed by atoms with E-state index in [0.717, 1.165) is 18.6 Å². The van der Waals surface area contributed by atoms with Gasteiger partial charge in [0.05, 0.1) is 25.2 Å². The van der Waals surface area contributed by atoms with E-state index in [9.17, 15) is 18.4 Å².